The number of hydrogen-bond donors (Lipinski definition) is 0. The predicted octanol–water partition coefficient (Wildman–Crippen LogP) is 6.42. The Kier molecular flexibility index (Phi) is 7.40. The predicted molar refractivity (Wildman–Crippen MR) is 157 cm³/mol. The second-order valence-electron chi connectivity index (χ2n) is 12.3. The summed E-state index contributed by atoms with van der Waals surface area (Å²) in [7, 11) is 1.39. The molecule has 4 aromatic rings. The van der Waals surface area contributed by atoms with E-state index in [1.54, 1.807) is 4.52 Å². The van der Waals surface area contributed by atoms with E-state index in [1.165, 1.54) is 7.11 Å². The summed E-state index contributed by atoms with van der Waals surface area (Å²) in [4.78, 5) is 25.2. The number of esters is 1. The number of fused-ring (bicyclic) bond motifs is 1. The molecule has 0 unspecified atom stereocenters. The maximum Gasteiger partial charge on any atom is 0.339 e. The van der Waals surface area contributed by atoms with Gasteiger partial charge in [-0.15, -0.1) is 5.10 Å². The van der Waals surface area contributed by atoms with Crippen LogP contribution < -0.4 is 4.90 Å². The zero-order valence-corrected chi connectivity index (χ0v) is 24.6. The molecular weight excluding hydrogens is 502 g/mol. The largest absolute Gasteiger partial charge is 0.467 e. The minimum Gasteiger partial charge on any atom is -0.467 e. The molecule has 0 bridgehead atoms. The molecule has 8 nitrogen and oxygen atoms in total. The first-order valence-electron chi connectivity index (χ1n) is 13.9. The van der Waals surface area contributed by atoms with Gasteiger partial charge < -0.3 is 14.4 Å². The van der Waals surface area contributed by atoms with Crippen LogP contribution in [0, 0.1) is 12.3 Å². The van der Waals surface area contributed by atoms with E-state index in [0.29, 0.717) is 22.9 Å². The van der Waals surface area contributed by atoms with Crippen molar-refractivity contribution in [2.45, 2.75) is 66.1 Å². The van der Waals surface area contributed by atoms with Gasteiger partial charge in [0, 0.05) is 18.7 Å². The Labute approximate surface area is 236 Å². The third-order valence-corrected chi connectivity index (χ3v) is 7.48. The molecule has 0 amide bonds. The summed E-state index contributed by atoms with van der Waals surface area (Å²) in [5, 5.41) is 4.99. The Balaban J connectivity index is 1.69. The number of aryl methyl sites for hydroxylation is 1. The van der Waals surface area contributed by atoms with Gasteiger partial charge in [0.05, 0.1) is 24.0 Å². The number of methoxy groups -OCH3 is 1. The summed E-state index contributed by atoms with van der Waals surface area (Å²) in [6, 6.07) is 18.5. The molecule has 5 rings (SSSR count). The summed E-state index contributed by atoms with van der Waals surface area (Å²) in [5.41, 5.74) is 4.10. The van der Waals surface area contributed by atoms with Gasteiger partial charge in [-0.2, -0.15) is 9.50 Å². The smallest absolute Gasteiger partial charge is 0.339 e. The van der Waals surface area contributed by atoms with Crippen LogP contribution in [0.25, 0.3) is 28.3 Å². The summed E-state index contributed by atoms with van der Waals surface area (Å²) in [6.07, 6.45) is 1.07. The maximum atomic E-state index is 13.2. The van der Waals surface area contributed by atoms with E-state index in [-0.39, 0.29) is 5.41 Å². The van der Waals surface area contributed by atoms with Crippen molar-refractivity contribution in [2.75, 3.05) is 25.1 Å². The number of hydrogen-bond acceptors (Lipinski definition) is 7. The molecule has 2 aromatic heterocycles. The number of aromatic nitrogens is 4. The van der Waals surface area contributed by atoms with E-state index >= 15 is 0 Å². The summed E-state index contributed by atoms with van der Waals surface area (Å²) in [5.74, 6) is 1.39. The molecule has 0 spiro atoms. The third kappa shape index (κ3) is 5.72. The number of anilines is 1. The Bertz CT molecular complexity index is 1510. The van der Waals surface area contributed by atoms with Crippen LogP contribution in [0.15, 0.2) is 54.6 Å². The third-order valence-electron chi connectivity index (χ3n) is 7.48. The van der Waals surface area contributed by atoms with E-state index in [2.05, 4.69) is 43.0 Å². The highest BCUT2D eigenvalue weighted by molar-refractivity contribution is 5.80. The Hall–Kier alpha value is -3.78. The number of rotatable bonds is 6. The first-order chi connectivity index (χ1) is 19.0. The first kappa shape index (κ1) is 27.8. The van der Waals surface area contributed by atoms with E-state index in [4.69, 9.17) is 24.5 Å². The van der Waals surface area contributed by atoms with Crippen molar-refractivity contribution in [1.29, 1.82) is 0 Å². The van der Waals surface area contributed by atoms with Crippen molar-refractivity contribution >= 4 is 17.6 Å². The standard InChI is InChI=1S/C32H39N5O3/c1-21-25(26(29(38)39-7)40-31(2,3)4)28(36-18-16-32(5,6)17-19-36)37-30(33-21)34-27(35-37)24-15-11-14-23(20-24)22-12-9-8-10-13-22/h8-15,20,26H,16-19H2,1-7H3/t26-/m0/s1. The average Bonchev–Trinajstić information content (AvgIpc) is 3.35. The van der Waals surface area contributed by atoms with Crippen LogP contribution in [0.2, 0.25) is 0 Å². The Morgan fingerprint density at radius 2 is 1.60 bits per heavy atom. The van der Waals surface area contributed by atoms with Gasteiger partial charge in [-0.3, -0.25) is 0 Å². The van der Waals surface area contributed by atoms with Crippen LogP contribution in [0.5, 0.6) is 0 Å². The topological polar surface area (TPSA) is 81.8 Å². The fraction of sp³-hybridized carbons (Fsp3) is 0.438. The number of benzene rings is 2. The van der Waals surface area contributed by atoms with E-state index in [1.807, 2.05) is 58.0 Å². The van der Waals surface area contributed by atoms with Gasteiger partial charge >= 0.3 is 5.97 Å². The van der Waals surface area contributed by atoms with Crippen LogP contribution in [-0.2, 0) is 14.3 Å². The molecule has 40 heavy (non-hydrogen) atoms. The SMILES string of the molecule is COC(=O)[C@@H](OC(C)(C)C)c1c(C)nc2nc(-c3cccc(-c4ccccc4)c3)nn2c1N1CCC(C)(C)CC1. The second-order valence-corrected chi connectivity index (χ2v) is 12.3. The van der Waals surface area contributed by atoms with Crippen molar-refractivity contribution < 1.29 is 14.3 Å². The molecule has 3 heterocycles. The molecule has 1 aliphatic rings. The van der Waals surface area contributed by atoms with E-state index in [9.17, 15) is 4.79 Å². The quantitative estimate of drug-likeness (QED) is 0.260. The molecule has 1 fully saturated rings. The molecule has 1 aliphatic heterocycles. The number of carbonyl (C=O) groups excluding carboxylic acids is 1. The molecule has 0 N–H and O–H groups in total. The molecular formula is C32H39N5O3. The van der Waals surface area contributed by atoms with Crippen molar-refractivity contribution in [2.24, 2.45) is 5.41 Å². The first-order valence-corrected chi connectivity index (χ1v) is 13.9. The number of ether oxygens (including phenoxy) is 2. The lowest BCUT2D eigenvalue weighted by atomic mass is 9.82. The fourth-order valence-electron chi connectivity index (χ4n) is 5.22. The lowest BCUT2D eigenvalue weighted by Gasteiger charge is -2.39. The fourth-order valence-corrected chi connectivity index (χ4v) is 5.22. The summed E-state index contributed by atoms with van der Waals surface area (Å²) < 4.78 is 13.3. The van der Waals surface area contributed by atoms with Gasteiger partial charge in [0.25, 0.3) is 5.78 Å². The number of piperidine rings is 1. The minimum absolute atomic E-state index is 0.243. The highest BCUT2D eigenvalue weighted by Crippen LogP contribution is 2.39. The van der Waals surface area contributed by atoms with Gasteiger partial charge in [-0.05, 0) is 63.1 Å². The number of nitrogens with zero attached hydrogens (tertiary/aromatic N) is 5. The molecule has 1 saturated heterocycles. The lowest BCUT2D eigenvalue weighted by Crippen LogP contribution is -2.40. The minimum atomic E-state index is -0.958. The van der Waals surface area contributed by atoms with Crippen LogP contribution in [0.1, 0.15) is 64.8 Å². The Morgan fingerprint density at radius 3 is 2.25 bits per heavy atom. The second kappa shape index (κ2) is 10.7. The molecule has 8 heteroatoms. The van der Waals surface area contributed by atoms with Gasteiger partial charge in [-0.1, -0.05) is 62.4 Å². The normalized spacial score (nSPS) is 16.2. The van der Waals surface area contributed by atoms with Crippen molar-refractivity contribution in [3.8, 4) is 22.5 Å². The zero-order chi connectivity index (χ0) is 28.7. The van der Waals surface area contributed by atoms with E-state index in [0.717, 1.165) is 48.4 Å². The van der Waals surface area contributed by atoms with Crippen molar-refractivity contribution in [3.63, 3.8) is 0 Å². The van der Waals surface area contributed by atoms with Crippen LogP contribution in [-0.4, -0.2) is 51.4 Å². The van der Waals surface area contributed by atoms with Gasteiger partial charge in [0.1, 0.15) is 5.82 Å². The highest BCUT2D eigenvalue weighted by Gasteiger charge is 2.37. The summed E-state index contributed by atoms with van der Waals surface area (Å²) in [6.45, 7) is 13.9. The van der Waals surface area contributed by atoms with Crippen molar-refractivity contribution in [1.82, 2.24) is 19.6 Å². The molecule has 0 radical (unpaired) electrons. The molecule has 0 saturated carbocycles. The van der Waals surface area contributed by atoms with E-state index < -0.39 is 17.7 Å². The van der Waals surface area contributed by atoms with Crippen molar-refractivity contribution in [3.05, 3.63) is 65.9 Å². The van der Waals surface area contributed by atoms with Gasteiger partial charge in [0.2, 0.25) is 0 Å². The summed E-state index contributed by atoms with van der Waals surface area (Å²) >= 11 is 0. The molecule has 0 aliphatic carbocycles. The molecule has 1 atom stereocenters. The van der Waals surface area contributed by atoms with Crippen LogP contribution >= 0.6 is 0 Å². The molecule has 210 valence electrons. The average molecular weight is 542 g/mol. The molecule has 2 aromatic carbocycles. The maximum absolute atomic E-state index is 13.2. The van der Waals surface area contributed by atoms with Crippen LogP contribution in [0.4, 0.5) is 5.82 Å². The lowest BCUT2D eigenvalue weighted by molar-refractivity contribution is -0.164. The van der Waals surface area contributed by atoms with Crippen LogP contribution in [0.3, 0.4) is 0 Å². The van der Waals surface area contributed by atoms with Gasteiger partial charge in [0.15, 0.2) is 11.9 Å². The monoisotopic (exact) mass is 541 g/mol. The zero-order valence-electron chi connectivity index (χ0n) is 24.6. The number of carbonyl (C=O) groups is 1. The Morgan fingerprint density at radius 1 is 0.950 bits per heavy atom. The highest BCUT2D eigenvalue weighted by atomic mass is 16.6. The van der Waals surface area contributed by atoms with Gasteiger partial charge in [-0.25, -0.2) is 9.78 Å².